The van der Waals surface area contributed by atoms with Crippen molar-refractivity contribution in [2.24, 2.45) is 11.7 Å². The minimum atomic E-state index is 0.504. The first-order chi connectivity index (χ1) is 7.17. The normalized spacial score (nSPS) is 12.5. The lowest BCUT2D eigenvalue weighted by atomic mass is 10.0. The molecule has 3 heteroatoms. The van der Waals surface area contributed by atoms with Gasteiger partial charge in [0, 0.05) is 24.8 Å². The number of aromatic nitrogens is 2. The molecule has 0 aromatic carbocycles. The van der Waals surface area contributed by atoms with E-state index >= 15 is 0 Å². The molecular formula is C12H21N3. The fourth-order valence-corrected chi connectivity index (χ4v) is 1.48. The smallest absolute Gasteiger partial charge is 0.0562 e. The van der Waals surface area contributed by atoms with Crippen LogP contribution in [0, 0.1) is 5.92 Å². The Morgan fingerprint density at radius 1 is 1.60 bits per heavy atom. The second-order valence-electron chi connectivity index (χ2n) is 4.11. The van der Waals surface area contributed by atoms with Gasteiger partial charge in [-0.15, -0.1) is 0 Å². The molecule has 0 saturated carbocycles. The van der Waals surface area contributed by atoms with E-state index in [0.29, 0.717) is 12.5 Å². The van der Waals surface area contributed by atoms with Gasteiger partial charge in [-0.2, -0.15) is 5.10 Å². The van der Waals surface area contributed by atoms with E-state index in [0.717, 1.165) is 18.5 Å². The fourth-order valence-electron chi connectivity index (χ4n) is 1.48. The van der Waals surface area contributed by atoms with Crippen LogP contribution >= 0.6 is 0 Å². The maximum absolute atomic E-state index is 5.69. The van der Waals surface area contributed by atoms with Crippen LogP contribution in [0.5, 0.6) is 0 Å². The first-order valence-corrected chi connectivity index (χ1v) is 5.60. The van der Waals surface area contributed by atoms with Crippen molar-refractivity contribution in [1.29, 1.82) is 0 Å². The third-order valence-corrected chi connectivity index (χ3v) is 2.44. The highest BCUT2D eigenvalue weighted by molar-refractivity contribution is 5.51. The molecule has 0 aliphatic rings. The summed E-state index contributed by atoms with van der Waals surface area (Å²) < 4.78 is 1.97. The molecule has 0 spiro atoms. The van der Waals surface area contributed by atoms with Crippen molar-refractivity contribution in [2.75, 3.05) is 6.54 Å². The van der Waals surface area contributed by atoms with Crippen molar-refractivity contribution in [3.05, 3.63) is 23.5 Å². The zero-order valence-electron chi connectivity index (χ0n) is 9.90. The van der Waals surface area contributed by atoms with E-state index < -0.39 is 0 Å². The van der Waals surface area contributed by atoms with Gasteiger partial charge in [0.05, 0.1) is 6.20 Å². The van der Waals surface area contributed by atoms with Crippen LogP contribution in [0.1, 0.15) is 32.8 Å². The Labute approximate surface area is 92.0 Å². The molecule has 0 saturated heterocycles. The summed E-state index contributed by atoms with van der Waals surface area (Å²) >= 11 is 0. The average Bonchev–Trinajstić information content (AvgIpc) is 2.62. The summed E-state index contributed by atoms with van der Waals surface area (Å²) in [5.41, 5.74) is 8.11. The molecule has 0 unspecified atom stereocenters. The Balaban J connectivity index is 2.77. The number of aryl methyl sites for hydroxylation is 1. The van der Waals surface area contributed by atoms with E-state index in [9.17, 15) is 0 Å². The summed E-state index contributed by atoms with van der Waals surface area (Å²) in [7, 11) is 0. The van der Waals surface area contributed by atoms with Gasteiger partial charge >= 0.3 is 0 Å². The van der Waals surface area contributed by atoms with Crippen molar-refractivity contribution < 1.29 is 0 Å². The summed E-state index contributed by atoms with van der Waals surface area (Å²) in [5.74, 6) is 0.504. The van der Waals surface area contributed by atoms with Crippen LogP contribution in [-0.4, -0.2) is 16.3 Å². The molecule has 3 nitrogen and oxygen atoms in total. The van der Waals surface area contributed by atoms with Gasteiger partial charge in [-0.1, -0.05) is 32.4 Å². The monoisotopic (exact) mass is 207 g/mol. The van der Waals surface area contributed by atoms with E-state index in [1.165, 1.54) is 5.57 Å². The molecule has 0 aliphatic heterocycles. The van der Waals surface area contributed by atoms with Crippen molar-refractivity contribution >= 4 is 6.08 Å². The van der Waals surface area contributed by atoms with E-state index in [4.69, 9.17) is 5.73 Å². The maximum Gasteiger partial charge on any atom is 0.0562 e. The zero-order chi connectivity index (χ0) is 11.3. The number of hydrogen-bond donors (Lipinski definition) is 1. The molecule has 0 atom stereocenters. The number of nitrogens with two attached hydrogens (primary N) is 1. The molecule has 0 radical (unpaired) electrons. The summed E-state index contributed by atoms with van der Waals surface area (Å²) in [6.07, 6.45) is 7.22. The van der Waals surface area contributed by atoms with E-state index in [1.807, 2.05) is 10.9 Å². The van der Waals surface area contributed by atoms with Crippen molar-refractivity contribution in [3.8, 4) is 0 Å². The summed E-state index contributed by atoms with van der Waals surface area (Å²) in [4.78, 5) is 0. The lowest BCUT2D eigenvalue weighted by Gasteiger charge is -2.07. The van der Waals surface area contributed by atoms with Crippen LogP contribution in [0.3, 0.4) is 0 Å². The topological polar surface area (TPSA) is 43.8 Å². The van der Waals surface area contributed by atoms with Gasteiger partial charge < -0.3 is 5.73 Å². The minimum absolute atomic E-state index is 0.504. The minimum Gasteiger partial charge on any atom is -0.327 e. The fraction of sp³-hybridized carbons (Fsp3) is 0.583. The molecule has 0 fully saturated rings. The van der Waals surface area contributed by atoms with Gasteiger partial charge in [-0.05, 0) is 12.3 Å². The highest BCUT2D eigenvalue weighted by Gasteiger charge is 2.02. The van der Waals surface area contributed by atoms with E-state index in [1.54, 1.807) is 0 Å². The first kappa shape index (κ1) is 12.0. The largest absolute Gasteiger partial charge is 0.327 e. The zero-order valence-corrected chi connectivity index (χ0v) is 9.90. The molecule has 15 heavy (non-hydrogen) atoms. The number of nitrogens with zero attached hydrogens (tertiary/aromatic N) is 2. The summed E-state index contributed by atoms with van der Waals surface area (Å²) in [6, 6.07) is 0. The van der Waals surface area contributed by atoms with E-state index in [-0.39, 0.29) is 0 Å². The molecular weight excluding hydrogens is 186 g/mol. The van der Waals surface area contributed by atoms with E-state index in [2.05, 4.69) is 38.1 Å². The first-order valence-electron chi connectivity index (χ1n) is 5.60. The van der Waals surface area contributed by atoms with Crippen LogP contribution in [-0.2, 0) is 6.54 Å². The van der Waals surface area contributed by atoms with Gasteiger partial charge in [-0.3, -0.25) is 4.68 Å². The van der Waals surface area contributed by atoms with Crippen LogP contribution < -0.4 is 5.73 Å². The number of rotatable bonds is 5. The Morgan fingerprint density at radius 3 is 2.87 bits per heavy atom. The predicted molar refractivity (Wildman–Crippen MR) is 64.4 cm³/mol. The third-order valence-electron chi connectivity index (χ3n) is 2.44. The molecule has 1 aromatic heterocycles. The molecule has 84 valence electrons. The van der Waals surface area contributed by atoms with Crippen LogP contribution in [0.25, 0.3) is 6.08 Å². The van der Waals surface area contributed by atoms with Gasteiger partial charge in [0.25, 0.3) is 0 Å². The second-order valence-corrected chi connectivity index (χ2v) is 4.11. The van der Waals surface area contributed by atoms with Crippen molar-refractivity contribution in [1.82, 2.24) is 9.78 Å². The third kappa shape index (κ3) is 3.51. The molecule has 0 bridgehead atoms. The highest BCUT2D eigenvalue weighted by Crippen LogP contribution is 2.13. The van der Waals surface area contributed by atoms with Crippen LogP contribution in [0.4, 0.5) is 0 Å². The highest BCUT2D eigenvalue weighted by atomic mass is 15.3. The van der Waals surface area contributed by atoms with Gasteiger partial charge in [0.2, 0.25) is 0 Å². The SMILES string of the molecule is CCCn1cc(/C=C(/CN)C(C)C)cn1. The molecule has 1 aromatic rings. The van der Waals surface area contributed by atoms with Crippen molar-refractivity contribution in [2.45, 2.75) is 33.7 Å². The van der Waals surface area contributed by atoms with Gasteiger partial charge in [0.15, 0.2) is 0 Å². The predicted octanol–water partition coefficient (Wildman–Crippen LogP) is 2.29. The molecule has 1 heterocycles. The van der Waals surface area contributed by atoms with Crippen LogP contribution in [0.2, 0.25) is 0 Å². The quantitative estimate of drug-likeness (QED) is 0.805. The molecule has 2 N–H and O–H groups in total. The van der Waals surface area contributed by atoms with Gasteiger partial charge in [-0.25, -0.2) is 0 Å². The molecule has 1 rings (SSSR count). The maximum atomic E-state index is 5.69. The summed E-state index contributed by atoms with van der Waals surface area (Å²) in [5, 5.41) is 4.28. The molecule has 0 aliphatic carbocycles. The second kappa shape index (κ2) is 5.71. The Kier molecular flexibility index (Phi) is 4.56. The lowest BCUT2D eigenvalue weighted by Crippen LogP contribution is -2.07. The lowest BCUT2D eigenvalue weighted by molar-refractivity contribution is 0.602. The Morgan fingerprint density at radius 2 is 2.33 bits per heavy atom. The van der Waals surface area contributed by atoms with Crippen LogP contribution in [0.15, 0.2) is 18.0 Å². The Bertz CT molecular complexity index is 323. The standard InChI is InChI=1S/C12H21N3/c1-4-5-15-9-11(8-14-15)6-12(7-13)10(2)3/h6,8-10H,4-5,7,13H2,1-3H3/b12-6-. The summed E-state index contributed by atoms with van der Waals surface area (Å²) in [6.45, 7) is 8.07. The van der Waals surface area contributed by atoms with Crippen molar-refractivity contribution in [3.63, 3.8) is 0 Å². The Hall–Kier alpha value is -1.09. The average molecular weight is 207 g/mol. The number of hydrogen-bond acceptors (Lipinski definition) is 2. The van der Waals surface area contributed by atoms with Gasteiger partial charge in [0.1, 0.15) is 0 Å². The molecule has 0 amide bonds.